The predicted molar refractivity (Wildman–Crippen MR) is 64.8 cm³/mol. The van der Waals surface area contributed by atoms with Crippen LogP contribution in [0, 0.1) is 0 Å². The summed E-state index contributed by atoms with van der Waals surface area (Å²) in [5.74, 6) is -0.951. The Morgan fingerprint density at radius 1 is 1.39 bits per heavy atom. The Hall–Kier alpha value is -2.63. The van der Waals surface area contributed by atoms with Crippen LogP contribution < -0.4 is 0 Å². The molecule has 2 aromatic heterocycles. The largest absolute Gasteiger partial charge is 0.478 e. The number of rotatable bonds is 2. The molecule has 0 saturated heterocycles. The summed E-state index contributed by atoms with van der Waals surface area (Å²) in [6.07, 6.45) is 5.26. The first-order valence-corrected chi connectivity index (χ1v) is 5.34. The molecule has 0 atom stereocenters. The molecule has 0 amide bonds. The van der Waals surface area contributed by atoms with Gasteiger partial charge in [0, 0.05) is 13.2 Å². The van der Waals surface area contributed by atoms with Crippen molar-refractivity contribution >= 4 is 17.0 Å². The van der Waals surface area contributed by atoms with Gasteiger partial charge in [-0.05, 0) is 18.2 Å². The van der Waals surface area contributed by atoms with E-state index in [0.29, 0.717) is 5.52 Å². The Labute approximate surface area is 102 Å². The van der Waals surface area contributed by atoms with Crippen LogP contribution in [0.5, 0.6) is 0 Å². The van der Waals surface area contributed by atoms with Crippen LogP contribution in [-0.2, 0) is 7.05 Å². The first-order chi connectivity index (χ1) is 8.65. The van der Waals surface area contributed by atoms with E-state index in [1.165, 1.54) is 0 Å². The molecule has 90 valence electrons. The van der Waals surface area contributed by atoms with E-state index < -0.39 is 5.97 Å². The molecule has 0 aliphatic carbocycles. The summed E-state index contributed by atoms with van der Waals surface area (Å²) >= 11 is 0. The van der Waals surface area contributed by atoms with Crippen LogP contribution in [0.3, 0.4) is 0 Å². The monoisotopic (exact) mass is 242 g/mol. The van der Waals surface area contributed by atoms with Crippen LogP contribution in [-0.4, -0.2) is 30.4 Å². The van der Waals surface area contributed by atoms with Crippen molar-refractivity contribution in [2.45, 2.75) is 0 Å². The van der Waals surface area contributed by atoms with Gasteiger partial charge in [-0.15, -0.1) is 0 Å². The maximum atomic E-state index is 10.9. The fraction of sp³-hybridized carbons (Fsp3) is 0.0833. The maximum absolute atomic E-state index is 10.9. The van der Waals surface area contributed by atoms with Crippen molar-refractivity contribution in [1.82, 2.24) is 19.3 Å². The second-order valence-corrected chi connectivity index (χ2v) is 4.00. The Kier molecular flexibility index (Phi) is 2.16. The van der Waals surface area contributed by atoms with E-state index in [-0.39, 0.29) is 5.56 Å². The van der Waals surface area contributed by atoms with Crippen LogP contribution in [0.2, 0.25) is 0 Å². The van der Waals surface area contributed by atoms with E-state index in [0.717, 1.165) is 11.2 Å². The van der Waals surface area contributed by atoms with E-state index in [9.17, 15) is 4.79 Å². The van der Waals surface area contributed by atoms with Crippen molar-refractivity contribution < 1.29 is 9.90 Å². The molecule has 18 heavy (non-hydrogen) atoms. The molecule has 1 aromatic carbocycles. The number of fused-ring (bicyclic) bond motifs is 1. The Morgan fingerprint density at radius 2 is 2.22 bits per heavy atom. The third kappa shape index (κ3) is 1.55. The molecule has 0 aliphatic rings. The van der Waals surface area contributed by atoms with Crippen LogP contribution in [0.1, 0.15) is 10.4 Å². The topological polar surface area (TPSA) is 72.9 Å². The molecular weight excluding hydrogens is 232 g/mol. The van der Waals surface area contributed by atoms with E-state index in [1.807, 2.05) is 17.8 Å². The van der Waals surface area contributed by atoms with Crippen molar-refractivity contribution in [1.29, 1.82) is 0 Å². The van der Waals surface area contributed by atoms with E-state index in [1.54, 1.807) is 35.4 Å². The lowest BCUT2D eigenvalue weighted by Crippen LogP contribution is -1.96. The molecule has 2 heterocycles. The first-order valence-electron chi connectivity index (χ1n) is 5.34. The Morgan fingerprint density at radius 3 is 2.89 bits per heavy atom. The van der Waals surface area contributed by atoms with E-state index >= 15 is 0 Å². The summed E-state index contributed by atoms with van der Waals surface area (Å²) in [6, 6.07) is 4.88. The van der Waals surface area contributed by atoms with Gasteiger partial charge in [0.25, 0.3) is 0 Å². The highest BCUT2D eigenvalue weighted by Crippen LogP contribution is 2.18. The number of carbonyl (C=O) groups is 1. The number of aromatic nitrogens is 4. The lowest BCUT2D eigenvalue weighted by Gasteiger charge is -2.00. The minimum Gasteiger partial charge on any atom is -0.478 e. The highest BCUT2D eigenvalue weighted by molar-refractivity contribution is 5.92. The minimum atomic E-state index is -0.951. The zero-order valence-electron chi connectivity index (χ0n) is 9.61. The highest BCUT2D eigenvalue weighted by atomic mass is 16.4. The van der Waals surface area contributed by atoms with E-state index in [2.05, 4.69) is 10.1 Å². The molecule has 0 fully saturated rings. The summed E-state index contributed by atoms with van der Waals surface area (Å²) in [5.41, 5.74) is 2.63. The second-order valence-electron chi connectivity index (χ2n) is 4.00. The van der Waals surface area contributed by atoms with Crippen LogP contribution >= 0.6 is 0 Å². The van der Waals surface area contributed by atoms with E-state index in [4.69, 9.17) is 5.11 Å². The van der Waals surface area contributed by atoms with Gasteiger partial charge in [0.15, 0.2) is 0 Å². The van der Waals surface area contributed by atoms with Gasteiger partial charge in [0.1, 0.15) is 6.33 Å². The maximum Gasteiger partial charge on any atom is 0.335 e. The average molecular weight is 242 g/mol. The number of hydrogen-bond donors (Lipinski definition) is 1. The lowest BCUT2D eigenvalue weighted by atomic mass is 10.2. The van der Waals surface area contributed by atoms with Crippen LogP contribution in [0.15, 0.2) is 36.9 Å². The van der Waals surface area contributed by atoms with Gasteiger partial charge in [0.05, 0.1) is 28.5 Å². The van der Waals surface area contributed by atoms with Gasteiger partial charge in [-0.1, -0.05) is 0 Å². The summed E-state index contributed by atoms with van der Waals surface area (Å²) in [4.78, 5) is 15.1. The molecule has 6 nitrogen and oxygen atoms in total. The molecule has 0 unspecified atom stereocenters. The molecular formula is C12H10N4O2. The SMILES string of the molecule is Cn1cc(-n2cnc3cc(C(=O)O)ccc32)cn1. The fourth-order valence-electron chi connectivity index (χ4n) is 1.88. The Balaban J connectivity index is 2.18. The first kappa shape index (κ1) is 10.5. The standard InChI is InChI=1S/C12H10N4O2/c1-15-6-9(5-14-15)16-7-13-10-4-8(12(17)18)2-3-11(10)16/h2-7H,1H3,(H,17,18). The third-order valence-corrected chi connectivity index (χ3v) is 2.76. The molecule has 0 aliphatic heterocycles. The predicted octanol–water partition coefficient (Wildman–Crippen LogP) is 1.46. The van der Waals surface area contributed by atoms with Crippen molar-refractivity contribution in [2.75, 3.05) is 0 Å². The molecule has 3 aromatic rings. The van der Waals surface area contributed by atoms with Gasteiger partial charge in [-0.25, -0.2) is 9.78 Å². The van der Waals surface area contributed by atoms with Gasteiger partial charge >= 0.3 is 5.97 Å². The van der Waals surface area contributed by atoms with Gasteiger partial charge in [0.2, 0.25) is 0 Å². The second kappa shape index (κ2) is 3.69. The molecule has 3 rings (SSSR count). The molecule has 0 spiro atoms. The lowest BCUT2D eigenvalue weighted by molar-refractivity contribution is 0.0697. The smallest absolute Gasteiger partial charge is 0.335 e. The molecule has 0 bridgehead atoms. The Bertz CT molecular complexity index is 741. The van der Waals surface area contributed by atoms with Crippen LogP contribution in [0.4, 0.5) is 0 Å². The average Bonchev–Trinajstić information content (AvgIpc) is 2.93. The number of hydrogen-bond acceptors (Lipinski definition) is 3. The summed E-state index contributed by atoms with van der Waals surface area (Å²) < 4.78 is 3.57. The third-order valence-electron chi connectivity index (χ3n) is 2.76. The summed E-state index contributed by atoms with van der Waals surface area (Å²) in [6.45, 7) is 0. The summed E-state index contributed by atoms with van der Waals surface area (Å²) in [5, 5.41) is 13.0. The number of aromatic carboxylic acids is 1. The number of carboxylic acids is 1. The molecule has 0 radical (unpaired) electrons. The number of nitrogens with zero attached hydrogens (tertiary/aromatic N) is 4. The number of aryl methyl sites for hydroxylation is 1. The number of carboxylic acid groups (broad SMARTS) is 1. The zero-order chi connectivity index (χ0) is 12.7. The number of benzene rings is 1. The van der Waals surface area contributed by atoms with Gasteiger partial charge in [-0.2, -0.15) is 5.10 Å². The normalized spacial score (nSPS) is 10.9. The number of imidazole rings is 1. The minimum absolute atomic E-state index is 0.235. The van der Waals surface area contributed by atoms with Crippen molar-refractivity contribution in [3.05, 3.63) is 42.5 Å². The zero-order valence-corrected chi connectivity index (χ0v) is 9.61. The van der Waals surface area contributed by atoms with Gasteiger partial charge < -0.3 is 5.11 Å². The summed E-state index contributed by atoms with van der Waals surface area (Å²) in [7, 11) is 1.84. The molecule has 1 N–H and O–H groups in total. The highest BCUT2D eigenvalue weighted by Gasteiger charge is 2.09. The molecule has 6 heteroatoms. The van der Waals surface area contributed by atoms with Crippen molar-refractivity contribution in [3.8, 4) is 5.69 Å². The van der Waals surface area contributed by atoms with Crippen molar-refractivity contribution in [3.63, 3.8) is 0 Å². The van der Waals surface area contributed by atoms with Gasteiger partial charge in [-0.3, -0.25) is 9.25 Å². The van der Waals surface area contributed by atoms with Crippen LogP contribution in [0.25, 0.3) is 16.7 Å². The molecule has 0 saturated carbocycles. The fourth-order valence-corrected chi connectivity index (χ4v) is 1.88. The quantitative estimate of drug-likeness (QED) is 0.738. The van der Waals surface area contributed by atoms with Crippen molar-refractivity contribution in [2.24, 2.45) is 7.05 Å².